The number of hydrogen-bond acceptors (Lipinski definition) is 5. The van der Waals surface area contributed by atoms with Crippen molar-refractivity contribution >= 4 is 50.9 Å². The number of primary amides is 1. The number of aromatic nitrogens is 2. The smallest absolute Gasteiger partial charge is 0.229 e. The molecule has 1 aromatic carbocycles. The number of nitrogens with zero attached hydrogens (tertiary/aromatic N) is 2. The van der Waals surface area contributed by atoms with E-state index in [1.165, 1.54) is 18.2 Å². The highest BCUT2D eigenvalue weighted by atomic mass is 79.9. The highest BCUT2D eigenvalue weighted by molar-refractivity contribution is 9.10. The SMILES string of the molecule is NC(=O)CCNc1nc(Nc2ccc(F)c(Cl)c2)ncc1Br. The number of rotatable bonds is 6. The molecule has 4 N–H and O–H groups in total. The van der Waals surface area contributed by atoms with Crippen molar-refractivity contribution in [2.75, 3.05) is 17.2 Å². The summed E-state index contributed by atoms with van der Waals surface area (Å²) in [4.78, 5) is 19.1. The van der Waals surface area contributed by atoms with Crippen molar-refractivity contribution in [2.24, 2.45) is 5.73 Å². The van der Waals surface area contributed by atoms with Gasteiger partial charge in [0.1, 0.15) is 11.6 Å². The second-order valence-electron chi connectivity index (χ2n) is 4.29. The molecule has 22 heavy (non-hydrogen) atoms. The molecule has 0 aliphatic carbocycles. The summed E-state index contributed by atoms with van der Waals surface area (Å²) in [6.45, 7) is 0.354. The number of hydrogen-bond donors (Lipinski definition) is 3. The van der Waals surface area contributed by atoms with Crippen LogP contribution in [0.2, 0.25) is 5.02 Å². The Kier molecular flexibility index (Phi) is 5.51. The Labute approximate surface area is 139 Å². The van der Waals surface area contributed by atoms with Crippen LogP contribution in [0.25, 0.3) is 0 Å². The van der Waals surface area contributed by atoms with Crippen molar-refractivity contribution in [1.29, 1.82) is 0 Å². The molecule has 2 aromatic rings. The van der Waals surface area contributed by atoms with Gasteiger partial charge in [-0.3, -0.25) is 4.79 Å². The van der Waals surface area contributed by atoms with Crippen LogP contribution < -0.4 is 16.4 Å². The maximum atomic E-state index is 13.1. The molecular formula is C13H12BrClFN5O. The summed E-state index contributed by atoms with van der Waals surface area (Å²) in [7, 11) is 0. The largest absolute Gasteiger partial charge is 0.370 e. The van der Waals surface area contributed by atoms with Crippen LogP contribution in [0, 0.1) is 5.82 Å². The summed E-state index contributed by atoms with van der Waals surface area (Å²) < 4.78 is 13.8. The van der Waals surface area contributed by atoms with Gasteiger partial charge in [0.15, 0.2) is 0 Å². The second kappa shape index (κ2) is 7.37. The Bertz CT molecular complexity index is 700. The number of nitrogens with two attached hydrogens (primary N) is 1. The molecule has 1 amide bonds. The minimum atomic E-state index is -0.502. The van der Waals surface area contributed by atoms with Crippen LogP contribution in [-0.4, -0.2) is 22.4 Å². The standard InChI is InChI=1S/C13H12BrClFN5O/c14-8-6-19-13(21-12(8)18-4-3-11(17)22)20-7-1-2-10(16)9(15)5-7/h1-2,5-6H,3-4H2,(H2,17,22)(H2,18,19,20,21). The Hall–Kier alpha value is -1.93. The van der Waals surface area contributed by atoms with Crippen LogP contribution in [0.1, 0.15) is 6.42 Å². The number of nitrogens with one attached hydrogen (secondary N) is 2. The molecule has 0 saturated heterocycles. The van der Waals surface area contributed by atoms with Gasteiger partial charge < -0.3 is 16.4 Å². The predicted molar refractivity (Wildman–Crippen MR) is 86.7 cm³/mol. The Morgan fingerprint density at radius 3 is 2.91 bits per heavy atom. The molecule has 0 radical (unpaired) electrons. The van der Waals surface area contributed by atoms with E-state index in [9.17, 15) is 9.18 Å². The summed E-state index contributed by atoms with van der Waals surface area (Å²) in [6.07, 6.45) is 1.74. The van der Waals surface area contributed by atoms with E-state index in [-0.39, 0.29) is 11.4 Å². The van der Waals surface area contributed by atoms with Crippen molar-refractivity contribution in [3.63, 3.8) is 0 Å². The first-order valence-corrected chi connectivity index (χ1v) is 7.39. The van der Waals surface area contributed by atoms with E-state index in [2.05, 4.69) is 36.5 Å². The Morgan fingerprint density at radius 2 is 2.23 bits per heavy atom. The molecule has 0 saturated carbocycles. The van der Waals surface area contributed by atoms with Crippen LogP contribution in [-0.2, 0) is 4.79 Å². The number of benzene rings is 1. The van der Waals surface area contributed by atoms with E-state index < -0.39 is 11.7 Å². The minimum absolute atomic E-state index is 0.00178. The lowest BCUT2D eigenvalue weighted by atomic mass is 10.3. The zero-order chi connectivity index (χ0) is 16.1. The van der Waals surface area contributed by atoms with Crippen LogP contribution in [0.3, 0.4) is 0 Å². The molecule has 6 nitrogen and oxygen atoms in total. The van der Waals surface area contributed by atoms with Gasteiger partial charge in [-0.2, -0.15) is 4.98 Å². The number of carbonyl (C=O) groups excluding carboxylic acids is 1. The summed E-state index contributed by atoms with van der Waals surface area (Å²) in [6, 6.07) is 4.20. The third-order valence-electron chi connectivity index (χ3n) is 2.58. The predicted octanol–water partition coefficient (Wildman–Crippen LogP) is 3.06. The first kappa shape index (κ1) is 16.4. The summed E-state index contributed by atoms with van der Waals surface area (Å²) in [5.41, 5.74) is 5.63. The first-order chi connectivity index (χ1) is 10.5. The van der Waals surface area contributed by atoms with E-state index in [0.717, 1.165) is 0 Å². The van der Waals surface area contributed by atoms with Gasteiger partial charge in [0.2, 0.25) is 11.9 Å². The van der Waals surface area contributed by atoms with Gasteiger partial charge in [-0.15, -0.1) is 0 Å². The average molecular weight is 389 g/mol. The van der Waals surface area contributed by atoms with Gasteiger partial charge in [0.25, 0.3) is 0 Å². The van der Waals surface area contributed by atoms with Crippen LogP contribution in [0.15, 0.2) is 28.9 Å². The van der Waals surface area contributed by atoms with Gasteiger partial charge in [0, 0.05) is 24.8 Å². The van der Waals surface area contributed by atoms with Crippen LogP contribution in [0.5, 0.6) is 0 Å². The molecule has 0 fully saturated rings. The lowest BCUT2D eigenvalue weighted by Gasteiger charge is -2.10. The molecule has 0 unspecified atom stereocenters. The topological polar surface area (TPSA) is 92.9 Å². The number of carbonyl (C=O) groups is 1. The molecule has 2 rings (SSSR count). The van der Waals surface area contributed by atoms with E-state index in [1.54, 1.807) is 6.20 Å². The fourth-order valence-electron chi connectivity index (χ4n) is 1.56. The number of halogens is 3. The van der Waals surface area contributed by atoms with Crippen LogP contribution in [0.4, 0.5) is 21.8 Å². The number of anilines is 3. The fraction of sp³-hybridized carbons (Fsp3) is 0.154. The van der Waals surface area contributed by atoms with E-state index >= 15 is 0 Å². The van der Waals surface area contributed by atoms with E-state index in [4.69, 9.17) is 17.3 Å². The molecule has 1 heterocycles. The molecular weight excluding hydrogens is 377 g/mol. The quantitative estimate of drug-likeness (QED) is 0.707. The molecule has 0 bridgehead atoms. The van der Waals surface area contributed by atoms with Gasteiger partial charge in [-0.25, -0.2) is 9.37 Å². The van der Waals surface area contributed by atoms with Crippen molar-refractivity contribution in [3.05, 3.63) is 39.7 Å². The summed E-state index contributed by atoms with van der Waals surface area (Å²) in [5.74, 6) is -0.103. The van der Waals surface area contributed by atoms with Gasteiger partial charge in [-0.05, 0) is 34.1 Å². The lowest BCUT2D eigenvalue weighted by molar-refractivity contribution is -0.117. The fourth-order valence-corrected chi connectivity index (χ4v) is 2.07. The number of amides is 1. The van der Waals surface area contributed by atoms with Gasteiger partial charge in [0.05, 0.1) is 9.50 Å². The molecule has 0 atom stereocenters. The van der Waals surface area contributed by atoms with Crippen molar-refractivity contribution < 1.29 is 9.18 Å². The van der Waals surface area contributed by atoms with Gasteiger partial charge >= 0.3 is 0 Å². The van der Waals surface area contributed by atoms with Crippen LogP contribution >= 0.6 is 27.5 Å². The average Bonchev–Trinajstić information content (AvgIpc) is 2.46. The molecule has 0 spiro atoms. The van der Waals surface area contributed by atoms with E-state index in [1.807, 2.05) is 0 Å². The third-order valence-corrected chi connectivity index (χ3v) is 3.45. The summed E-state index contributed by atoms with van der Waals surface area (Å²) in [5, 5.41) is 5.88. The Balaban J connectivity index is 2.11. The zero-order valence-corrected chi connectivity index (χ0v) is 13.6. The van der Waals surface area contributed by atoms with Crippen molar-refractivity contribution in [1.82, 2.24) is 9.97 Å². The Morgan fingerprint density at radius 1 is 1.45 bits per heavy atom. The molecule has 116 valence electrons. The van der Waals surface area contributed by atoms with Gasteiger partial charge in [-0.1, -0.05) is 11.6 Å². The molecule has 0 aliphatic rings. The van der Waals surface area contributed by atoms with Crippen molar-refractivity contribution in [2.45, 2.75) is 6.42 Å². The van der Waals surface area contributed by atoms with E-state index in [0.29, 0.717) is 28.5 Å². The molecule has 9 heteroatoms. The zero-order valence-electron chi connectivity index (χ0n) is 11.2. The normalized spacial score (nSPS) is 10.3. The molecule has 1 aromatic heterocycles. The minimum Gasteiger partial charge on any atom is -0.370 e. The lowest BCUT2D eigenvalue weighted by Crippen LogP contribution is -2.16. The van der Waals surface area contributed by atoms with Crippen molar-refractivity contribution in [3.8, 4) is 0 Å². The highest BCUT2D eigenvalue weighted by Crippen LogP contribution is 2.24. The summed E-state index contributed by atoms with van der Waals surface area (Å²) >= 11 is 9.02. The third kappa shape index (κ3) is 4.54. The highest BCUT2D eigenvalue weighted by Gasteiger charge is 2.07. The molecule has 0 aliphatic heterocycles. The maximum Gasteiger partial charge on any atom is 0.229 e. The maximum absolute atomic E-state index is 13.1. The second-order valence-corrected chi connectivity index (χ2v) is 5.55. The first-order valence-electron chi connectivity index (χ1n) is 6.22. The monoisotopic (exact) mass is 387 g/mol.